The zero-order valence-electron chi connectivity index (χ0n) is 19.9. The normalized spacial score (nSPS) is 12.2. The van der Waals surface area contributed by atoms with Gasteiger partial charge in [-0.2, -0.15) is 0 Å². The third kappa shape index (κ3) is 8.00. The third-order valence-corrected chi connectivity index (χ3v) is 7.56. The maximum absolute atomic E-state index is 13.7. The van der Waals surface area contributed by atoms with Crippen LogP contribution in [0.25, 0.3) is 0 Å². The highest BCUT2D eigenvalue weighted by atomic mass is 35.5. The Kier molecular flexibility index (Phi) is 11.1. The van der Waals surface area contributed by atoms with Crippen LogP contribution in [0.2, 0.25) is 15.1 Å². The van der Waals surface area contributed by atoms with Gasteiger partial charge in [0.2, 0.25) is 21.8 Å². The average Bonchev–Trinajstić information content (AvgIpc) is 2.79. The minimum Gasteiger partial charge on any atom is -0.354 e. The fourth-order valence-corrected chi connectivity index (χ4v) is 5.19. The maximum atomic E-state index is 13.7. The van der Waals surface area contributed by atoms with Crippen molar-refractivity contribution in [1.82, 2.24) is 10.2 Å². The second kappa shape index (κ2) is 13.3. The summed E-state index contributed by atoms with van der Waals surface area (Å²) in [6.45, 7) is 3.63. The van der Waals surface area contributed by atoms with E-state index >= 15 is 0 Å². The number of rotatable bonds is 12. The number of nitrogens with zero attached hydrogens (tertiary/aromatic N) is 2. The largest absolute Gasteiger partial charge is 0.354 e. The lowest BCUT2D eigenvalue weighted by atomic mass is 10.1. The zero-order chi connectivity index (χ0) is 26.2. The van der Waals surface area contributed by atoms with Crippen molar-refractivity contribution in [3.63, 3.8) is 0 Å². The Balaban J connectivity index is 2.48. The van der Waals surface area contributed by atoms with Crippen molar-refractivity contribution in [3.05, 3.63) is 63.1 Å². The van der Waals surface area contributed by atoms with Crippen LogP contribution in [-0.4, -0.2) is 50.5 Å². The predicted octanol–water partition coefficient (Wildman–Crippen LogP) is 5.14. The molecule has 0 heterocycles. The number of carbonyl (C=O) groups excluding carboxylic acids is 2. The molecule has 7 nitrogen and oxygen atoms in total. The van der Waals surface area contributed by atoms with Crippen molar-refractivity contribution >= 4 is 62.3 Å². The number of hydrogen-bond donors (Lipinski definition) is 1. The number of carbonyl (C=O) groups is 2. The molecule has 2 amide bonds. The van der Waals surface area contributed by atoms with Crippen LogP contribution >= 0.6 is 34.8 Å². The van der Waals surface area contributed by atoms with Gasteiger partial charge in [0.05, 0.1) is 17.0 Å². The van der Waals surface area contributed by atoms with E-state index in [0.717, 1.165) is 23.4 Å². The number of anilines is 1. The minimum atomic E-state index is -3.88. The molecule has 2 aromatic carbocycles. The lowest BCUT2D eigenvalue weighted by molar-refractivity contribution is -0.140. The quantitative estimate of drug-likeness (QED) is 0.363. The Morgan fingerprint density at radius 2 is 1.57 bits per heavy atom. The number of nitrogens with one attached hydrogen (secondary N) is 1. The summed E-state index contributed by atoms with van der Waals surface area (Å²) in [5, 5.41) is 3.71. The van der Waals surface area contributed by atoms with E-state index in [0.29, 0.717) is 28.6 Å². The van der Waals surface area contributed by atoms with Crippen molar-refractivity contribution in [2.75, 3.05) is 23.7 Å². The maximum Gasteiger partial charge on any atom is 0.244 e. The Morgan fingerprint density at radius 1 is 0.971 bits per heavy atom. The highest BCUT2D eigenvalue weighted by Gasteiger charge is 2.32. The number of benzene rings is 2. The average molecular weight is 563 g/mol. The van der Waals surface area contributed by atoms with E-state index in [-0.39, 0.29) is 23.2 Å². The third-order valence-electron chi connectivity index (χ3n) is 5.41. The molecule has 11 heteroatoms. The van der Waals surface area contributed by atoms with E-state index in [1.807, 2.05) is 6.92 Å². The molecule has 0 radical (unpaired) electrons. The van der Waals surface area contributed by atoms with Crippen LogP contribution in [-0.2, 0) is 26.2 Å². The van der Waals surface area contributed by atoms with Gasteiger partial charge in [-0.25, -0.2) is 8.42 Å². The Hall–Kier alpha value is -2.00. The van der Waals surface area contributed by atoms with E-state index in [9.17, 15) is 18.0 Å². The lowest BCUT2D eigenvalue weighted by Crippen LogP contribution is -2.52. The van der Waals surface area contributed by atoms with Gasteiger partial charge >= 0.3 is 0 Å². The first kappa shape index (κ1) is 29.2. The molecule has 0 aliphatic carbocycles. The van der Waals surface area contributed by atoms with Crippen molar-refractivity contribution in [1.29, 1.82) is 0 Å². The van der Waals surface area contributed by atoms with Gasteiger partial charge in [-0.3, -0.25) is 13.9 Å². The van der Waals surface area contributed by atoms with Crippen LogP contribution in [0.15, 0.2) is 42.5 Å². The molecule has 0 spiro atoms. The van der Waals surface area contributed by atoms with E-state index in [1.54, 1.807) is 37.3 Å². The molecule has 0 bridgehead atoms. The molecular weight excluding hydrogens is 533 g/mol. The number of halogens is 3. The summed E-state index contributed by atoms with van der Waals surface area (Å²) < 4.78 is 26.2. The summed E-state index contributed by atoms with van der Waals surface area (Å²) in [6.07, 6.45) is 2.99. The summed E-state index contributed by atoms with van der Waals surface area (Å²) in [5.41, 5.74) is 0.633. The molecular formula is C24H30Cl3N3O4S. The van der Waals surface area contributed by atoms with Crippen LogP contribution in [0.5, 0.6) is 0 Å². The SMILES string of the molecule is CCCCNC(=O)C(CC)N(Cc1c(Cl)cccc1Cl)C(=O)CN(c1ccccc1Cl)S(C)(=O)=O. The molecule has 2 rings (SSSR count). The molecule has 192 valence electrons. The van der Waals surface area contributed by atoms with E-state index in [2.05, 4.69) is 5.32 Å². The van der Waals surface area contributed by atoms with Gasteiger partial charge in [-0.05, 0) is 37.1 Å². The molecule has 0 aromatic heterocycles. The van der Waals surface area contributed by atoms with E-state index in [1.165, 1.54) is 17.0 Å². The van der Waals surface area contributed by atoms with E-state index in [4.69, 9.17) is 34.8 Å². The Bertz CT molecular complexity index is 1120. The summed E-state index contributed by atoms with van der Waals surface area (Å²) in [6, 6.07) is 10.4. The number of para-hydroxylation sites is 1. The van der Waals surface area contributed by atoms with Gasteiger partial charge < -0.3 is 10.2 Å². The van der Waals surface area contributed by atoms with Gasteiger partial charge in [0, 0.05) is 28.7 Å². The molecule has 0 fully saturated rings. The summed E-state index contributed by atoms with van der Waals surface area (Å²) in [4.78, 5) is 28.0. The fourth-order valence-electron chi connectivity index (χ4n) is 3.53. The van der Waals surface area contributed by atoms with Crippen LogP contribution in [0.1, 0.15) is 38.7 Å². The van der Waals surface area contributed by atoms with Gasteiger partial charge in [-0.15, -0.1) is 0 Å². The first-order valence-electron chi connectivity index (χ1n) is 11.2. The molecule has 0 aliphatic heterocycles. The van der Waals surface area contributed by atoms with Gasteiger partial charge in [0.25, 0.3) is 0 Å². The number of unbranched alkanes of at least 4 members (excludes halogenated alkanes) is 1. The topological polar surface area (TPSA) is 86.8 Å². The molecule has 2 aromatic rings. The molecule has 35 heavy (non-hydrogen) atoms. The second-order valence-electron chi connectivity index (χ2n) is 8.01. The van der Waals surface area contributed by atoms with Crippen LogP contribution in [0.3, 0.4) is 0 Å². The predicted molar refractivity (Wildman–Crippen MR) is 143 cm³/mol. The Labute approximate surface area is 222 Å². The van der Waals surface area contributed by atoms with Crippen molar-refractivity contribution in [2.24, 2.45) is 0 Å². The number of sulfonamides is 1. The van der Waals surface area contributed by atoms with Crippen LogP contribution < -0.4 is 9.62 Å². The number of amides is 2. The summed E-state index contributed by atoms with van der Waals surface area (Å²) in [7, 11) is -3.88. The van der Waals surface area contributed by atoms with Crippen molar-refractivity contribution < 1.29 is 18.0 Å². The smallest absolute Gasteiger partial charge is 0.244 e. The standard InChI is InChI=1S/C24H30Cl3N3O4S/c1-4-6-14-28-24(32)21(5-2)29(15-17-18(25)11-9-12-19(17)26)23(31)16-30(35(3,33)34)22-13-8-7-10-20(22)27/h7-13,21H,4-6,14-16H2,1-3H3,(H,28,32). The molecule has 0 saturated heterocycles. The van der Waals surface area contributed by atoms with Crippen LogP contribution in [0, 0.1) is 0 Å². The molecule has 1 atom stereocenters. The summed E-state index contributed by atoms with van der Waals surface area (Å²) in [5.74, 6) is -0.926. The fraction of sp³-hybridized carbons (Fsp3) is 0.417. The first-order valence-corrected chi connectivity index (χ1v) is 14.2. The Morgan fingerprint density at radius 3 is 2.11 bits per heavy atom. The second-order valence-corrected chi connectivity index (χ2v) is 11.1. The van der Waals surface area contributed by atoms with Gasteiger partial charge in [0.1, 0.15) is 12.6 Å². The monoisotopic (exact) mass is 561 g/mol. The highest BCUT2D eigenvalue weighted by molar-refractivity contribution is 7.92. The highest BCUT2D eigenvalue weighted by Crippen LogP contribution is 2.29. The summed E-state index contributed by atoms with van der Waals surface area (Å²) >= 11 is 19.0. The molecule has 0 saturated carbocycles. The zero-order valence-corrected chi connectivity index (χ0v) is 23.0. The van der Waals surface area contributed by atoms with Gasteiger partial charge in [-0.1, -0.05) is 73.3 Å². The molecule has 0 aliphatic rings. The molecule has 1 unspecified atom stereocenters. The van der Waals surface area contributed by atoms with Gasteiger partial charge in [0.15, 0.2) is 0 Å². The minimum absolute atomic E-state index is 0.0723. The van der Waals surface area contributed by atoms with E-state index < -0.39 is 28.5 Å². The molecule has 1 N–H and O–H groups in total. The lowest BCUT2D eigenvalue weighted by Gasteiger charge is -2.33. The van der Waals surface area contributed by atoms with Crippen molar-refractivity contribution in [3.8, 4) is 0 Å². The first-order chi connectivity index (χ1) is 16.5. The van der Waals surface area contributed by atoms with Crippen LogP contribution in [0.4, 0.5) is 5.69 Å². The van der Waals surface area contributed by atoms with Crippen molar-refractivity contribution in [2.45, 2.75) is 45.7 Å². The number of hydrogen-bond acceptors (Lipinski definition) is 4.